The molecule has 0 aromatic rings. The van der Waals surface area contributed by atoms with Gasteiger partial charge in [-0.05, 0) is 0 Å². The molecular weight excluding hydrogens is 750 g/mol. The van der Waals surface area contributed by atoms with Crippen LogP contribution in [0.1, 0.15) is 8.56 Å². The Morgan fingerprint density at radius 1 is 1.29 bits per heavy atom. The standard InChI is InChI=1S/Ba.Ca.Cu.Hg.O.Sr.Tl.6H/q2*+2;;;;+2;;6*-1. The molecule has 0 spiro atoms. The van der Waals surface area contributed by atoms with Crippen molar-refractivity contribution in [3.05, 3.63) is 0 Å². The van der Waals surface area contributed by atoms with E-state index in [1.807, 2.05) is 0 Å². The zero-order chi connectivity index (χ0) is 2.00. The largest absolute Gasteiger partial charge is 2.00 e. The van der Waals surface area contributed by atoms with Crippen LogP contribution in [0.3, 0.4) is 0 Å². The number of rotatable bonds is 0. The first-order valence-corrected chi connectivity index (χ1v) is 0.508. The Balaban J connectivity index is -0.0000000000909. The van der Waals surface area contributed by atoms with Crippen LogP contribution in [-0.4, -0.2) is 159 Å². The molecule has 0 aliphatic carbocycles. The summed E-state index contributed by atoms with van der Waals surface area (Å²) < 4.78 is 7.81. The predicted molar refractivity (Wildman–Crippen MR) is 30.4 cm³/mol. The first-order chi connectivity index (χ1) is 1.00. The number of hydrogen-bond donors (Lipinski definition) is 0. The van der Waals surface area contributed by atoms with Crippen molar-refractivity contribution in [2.45, 2.75) is 0 Å². The van der Waals surface area contributed by atoms with Crippen LogP contribution in [0.4, 0.5) is 0 Å². The van der Waals surface area contributed by atoms with E-state index in [-0.39, 0.29) is 196 Å². The zero-order valence-corrected chi connectivity index (χ0v) is 25.2. The first kappa shape index (κ1) is 37.5. The predicted octanol–water partition coefficient (Wildman–Crippen LogP) is -0.972. The molecule has 34 valence electrons. The minimum absolute atomic E-state index is 0. The molecule has 0 aromatic carbocycles. The van der Waals surface area contributed by atoms with E-state index < -0.39 is 0 Å². The SMILES string of the molecule is [Ba+2].[Ca+2].[H-].[H-].[H-].[H-].[H-].[H-].[Hg].[O]=[Cu].[Sr+2].[Tl]. The van der Waals surface area contributed by atoms with Gasteiger partial charge >= 0.3 is 152 Å². The third-order valence-corrected chi connectivity index (χ3v) is 0. The van der Waals surface area contributed by atoms with E-state index in [0.717, 1.165) is 0 Å². The van der Waals surface area contributed by atoms with Crippen molar-refractivity contribution < 1.29 is 56.0 Å². The molecule has 0 fully saturated rings. The summed E-state index contributed by atoms with van der Waals surface area (Å²) >= 11 is 2.94. The summed E-state index contributed by atoms with van der Waals surface area (Å²) in [4.78, 5) is 0. The van der Waals surface area contributed by atoms with E-state index in [1.165, 1.54) is 0 Å². The second-order valence-corrected chi connectivity index (χ2v) is 0. The Morgan fingerprint density at radius 2 is 1.29 bits per heavy atom. The van der Waals surface area contributed by atoms with Crippen molar-refractivity contribution in [1.82, 2.24) is 0 Å². The van der Waals surface area contributed by atoms with Crippen molar-refractivity contribution in [3.8, 4) is 0 Å². The van der Waals surface area contributed by atoms with Crippen LogP contribution in [0.2, 0.25) is 0 Å². The molecule has 0 amide bonds. The summed E-state index contributed by atoms with van der Waals surface area (Å²) in [6.45, 7) is 0. The third kappa shape index (κ3) is 32.6. The first-order valence-electron chi connectivity index (χ1n) is 0.123. The summed E-state index contributed by atoms with van der Waals surface area (Å²) in [6.07, 6.45) is 0. The summed E-state index contributed by atoms with van der Waals surface area (Å²) in [5.74, 6) is 0. The van der Waals surface area contributed by atoms with Crippen molar-refractivity contribution in [1.29, 1.82) is 0 Å². The maximum atomic E-state index is 7.81. The molecule has 0 aliphatic heterocycles. The number of hydrogen-bond acceptors (Lipinski definition) is 1. The van der Waals surface area contributed by atoms with Gasteiger partial charge in [-0.15, -0.1) is 0 Å². The molecule has 1 nitrogen and oxygen atoms in total. The molecule has 0 saturated heterocycles. The average molecular weight is 756 g/mol. The Kier molecular flexibility index (Phi) is 210. The third-order valence-electron chi connectivity index (χ3n) is 0. The van der Waals surface area contributed by atoms with Crippen LogP contribution >= 0.6 is 0 Å². The van der Waals surface area contributed by atoms with Crippen molar-refractivity contribution in [2.75, 3.05) is 0 Å². The molecular formula is H6BaCaCuHgOSrTl. The molecule has 0 heterocycles. The van der Waals surface area contributed by atoms with Gasteiger partial charge in [0.2, 0.25) is 0 Å². The second-order valence-electron chi connectivity index (χ2n) is 0. The quantitative estimate of drug-likeness (QED) is 0.292. The van der Waals surface area contributed by atoms with Gasteiger partial charge in [0.15, 0.2) is 0 Å². The van der Waals surface area contributed by atoms with E-state index in [1.54, 1.807) is 0 Å². The van der Waals surface area contributed by atoms with Gasteiger partial charge in [-0.25, -0.2) is 0 Å². The summed E-state index contributed by atoms with van der Waals surface area (Å²) in [7, 11) is 0. The van der Waals surface area contributed by atoms with Crippen molar-refractivity contribution in [2.24, 2.45) is 0 Å². The molecule has 0 rings (SSSR count). The van der Waals surface area contributed by atoms with Gasteiger partial charge in [0.1, 0.15) is 0 Å². The average Bonchev–Trinajstić information content (AvgIpc) is 1.00. The van der Waals surface area contributed by atoms with Crippen molar-refractivity contribution in [3.63, 3.8) is 0 Å². The van der Waals surface area contributed by atoms with Crippen LogP contribution in [0.15, 0.2) is 0 Å². The molecule has 0 aliphatic rings. The smallest absolute Gasteiger partial charge is 0 e. The van der Waals surface area contributed by atoms with Gasteiger partial charge in [-0.1, -0.05) is 0 Å². The van der Waals surface area contributed by atoms with Crippen LogP contribution in [0.5, 0.6) is 0 Å². The van der Waals surface area contributed by atoms with Crippen LogP contribution < -0.4 is 0 Å². The molecule has 0 saturated carbocycles. The molecule has 7 heteroatoms. The summed E-state index contributed by atoms with van der Waals surface area (Å²) in [5, 5.41) is 0. The van der Waals surface area contributed by atoms with E-state index >= 15 is 0 Å². The van der Waals surface area contributed by atoms with E-state index in [0.29, 0.717) is 0 Å². The minimum Gasteiger partial charge on any atom is 0 e. The molecule has 0 bridgehead atoms. The zero-order valence-electron chi connectivity index (χ0n) is 10.1. The maximum absolute atomic E-state index is 7.81. The van der Waals surface area contributed by atoms with Crippen LogP contribution in [0, 0.1) is 0 Å². The Morgan fingerprint density at radius 3 is 1.29 bits per heavy atom. The van der Waals surface area contributed by atoms with Gasteiger partial charge < -0.3 is 8.56 Å². The van der Waals surface area contributed by atoms with Gasteiger partial charge in [-0.3, -0.25) is 0 Å². The molecule has 7 heavy (non-hydrogen) atoms. The Hall–Kier alpha value is 6.49. The maximum Gasteiger partial charge on any atom is 2.00 e. The molecule has 0 unspecified atom stereocenters. The molecule has 0 aromatic heterocycles. The second kappa shape index (κ2) is 39.2. The van der Waals surface area contributed by atoms with Crippen LogP contribution in [0.25, 0.3) is 0 Å². The van der Waals surface area contributed by atoms with Crippen LogP contribution in [-0.2, 0) is 47.4 Å². The fourth-order valence-corrected chi connectivity index (χ4v) is 0. The molecule has 1 radical (unpaired) electrons. The van der Waals surface area contributed by atoms with E-state index in [9.17, 15) is 0 Å². The molecule has 0 atom stereocenters. The van der Waals surface area contributed by atoms with Crippen molar-refractivity contribution >= 4 is 159 Å². The fourth-order valence-electron chi connectivity index (χ4n) is 0. The Labute approximate surface area is 209 Å². The monoisotopic (exact) mass is 758 g/mol. The van der Waals surface area contributed by atoms with Gasteiger partial charge in [-0.2, -0.15) is 0 Å². The van der Waals surface area contributed by atoms with E-state index in [4.69, 9.17) is 3.83 Å². The summed E-state index contributed by atoms with van der Waals surface area (Å²) in [6, 6.07) is 0. The minimum atomic E-state index is 0. The topological polar surface area (TPSA) is 17.1 Å². The normalized spacial score (nSPS) is 0.857. The summed E-state index contributed by atoms with van der Waals surface area (Å²) in [5.41, 5.74) is 0. The van der Waals surface area contributed by atoms with Gasteiger partial charge in [0, 0.05) is 55.0 Å². The van der Waals surface area contributed by atoms with E-state index in [2.05, 4.69) is 15.9 Å². The Bertz CT molecular complexity index is 32.6. The molecule has 0 N–H and O–H groups in total. The van der Waals surface area contributed by atoms with Gasteiger partial charge in [0.05, 0.1) is 0 Å². The fraction of sp³-hybridized carbons (Fsp3) is 0. The van der Waals surface area contributed by atoms with Gasteiger partial charge in [0.25, 0.3) is 0 Å².